The molecule has 0 aliphatic heterocycles. The molecule has 1 aromatic rings. The summed E-state index contributed by atoms with van der Waals surface area (Å²) >= 11 is 0. The highest BCUT2D eigenvalue weighted by molar-refractivity contribution is 5.36. The van der Waals surface area contributed by atoms with Gasteiger partial charge in [-0.05, 0) is 140 Å². The Labute approximate surface area is 209 Å². The fourth-order valence-electron chi connectivity index (χ4n) is 9.02. The molecule has 0 spiro atoms. The predicted octanol–water partition coefficient (Wildman–Crippen LogP) is 9.12. The number of aromatic nitrogens is 1. The van der Waals surface area contributed by atoms with Gasteiger partial charge in [0.1, 0.15) is 0 Å². The number of allylic oxidation sites excluding steroid dienone is 4. The Morgan fingerprint density at radius 1 is 1.09 bits per heavy atom. The first-order valence-electron chi connectivity index (χ1n) is 14.5. The molecule has 5 rings (SSSR count). The molecule has 4 aliphatic carbocycles. The molecule has 0 N–H and O–H groups in total. The summed E-state index contributed by atoms with van der Waals surface area (Å²) in [5.41, 5.74) is 7.37. The minimum Gasteiger partial charge on any atom is -0.264 e. The Morgan fingerprint density at radius 3 is 2.68 bits per heavy atom. The molecule has 0 bridgehead atoms. The van der Waals surface area contributed by atoms with Gasteiger partial charge in [0, 0.05) is 12.4 Å². The van der Waals surface area contributed by atoms with Gasteiger partial charge in [0.2, 0.25) is 0 Å². The Morgan fingerprint density at radius 2 is 1.91 bits per heavy atom. The van der Waals surface area contributed by atoms with Gasteiger partial charge in [-0.15, -0.1) is 0 Å². The molecule has 7 unspecified atom stereocenters. The summed E-state index contributed by atoms with van der Waals surface area (Å²) < 4.78 is 0. The standard InChI is InChI=1S/C33H49N/c1-22(2)27-9-10-28-19-26-13-17-33(6)30(23(3)7-8-25-15-18-34-21-24(25)4)11-12-31(33)29(26)14-16-32(28,5)20-27/h10,15,18-19,21-23,27,29-31H,7-9,11-14,16-17,20H2,1-6H3. The third kappa shape index (κ3) is 4.24. The van der Waals surface area contributed by atoms with Crippen LogP contribution in [0.4, 0.5) is 0 Å². The van der Waals surface area contributed by atoms with Crippen LogP contribution in [0.15, 0.2) is 41.8 Å². The minimum absolute atomic E-state index is 0.418. The van der Waals surface area contributed by atoms with Crippen molar-refractivity contribution in [3.63, 3.8) is 0 Å². The quantitative estimate of drug-likeness (QED) is 0.428. The third-order valence-electron chi connectivity index (χ3n) is 11.4. The number of rotatable bonds is 5. The Bertz CT molecular complexity index is 953. The molecule has 1 heteroatoms. The van der Waals surface area contributed by atoms with Crippen molar-refractivity contribution in [3.8, 4) is 0 Å². The highest BCUT2D eigenvalue weighted by atomic mass is 14.6. The van der Waals surface area contributed by atoms with Crippen molar-refractivity contribution in [2.75, 3.05) is 0 Å². The minimum atomic E-state index is 0.418. The molecular formula is C33H49N. The van der Waals surface area contributed by atoms with Crippen LogP contribution in [-0.4, -0.2) is 4.98 Å². The molecule has 0 amide bonds. The van der Waals surface area contributed by atoms with E-state index >= 15 is 0 Å². The number of pyridine rings is 1. The molecule has 186 valence electrons. The maximum absolute atomic E-state index is 4.30. The van der Waals surface area contributed by atoms with Gasteiger partial charge in [0.15, 0.2) is 0 Å². The van der Waals surface area contributed by atoms with Crippen LogP contribution in [0.25, 0.3) is 0 Å². The van der Waals surface area contributed by atoms with Gasteiger partial charge in [-0.1, -0.05) is 52.3 Å². The smallest absolute Gasteiger partial charge is 0.0299 e. The normalized spacial score (nSPS) is 38.3. The van der Waals surface area contributed by atoms with Crippen LogP contribution in [0.1, 0.15) is 104 Å². The summed E-state index contributed by atoms with van der Waals surface area (Å²) in [4.78, 5) is 4.30. The molecule has 4 aliphatic rings. The maximum atomic E-state index is 4.30. The van der Waals surface area contributed by atoms with E-state index < -0.39 is 0 Å². The third-order valence-corrected chi connectivity index (χ3v) is 11.4. The summed E-state index contributed by atoms with van der Waals surface area (Å²) in [6.07, 6.45) is 23.2. The Balaban J connectivity index is 1.31. The second kappa shape index (κ2) is 9.25. The molecule has 1 aromatic heterocycles. The molecule has 34 heavy (non-hydrogen) atoms. The van der Waals surface area contributed by atoms with Gasteiger partial charge in [-0.2, -0.15) is 0 Å². The lowest BCUT2D eigenvalue weighted by molar-refractivity contribution is 0.0483. The van der Waals surface area contributed by atoms with Crippen LogP contribution in [-0.2, 0) is 6.42 Å². The van der Waals surface area contributed by atoms with E-state index in [4.69, 9.17) is 0 Å². The fourth-order valence-corrected chi connectivity index (χ4v) is 9.02. The number of hydrogen-bond donors (Lipinski definition) is 0. The van der Waals surface area contributed by atoms with Crippen LogP contribution < -0.4 is 0 Å². The van der Waals surface area contributed by atoms with E-state index in [0.717, 1.165) is 35.5 Å². The van der Waals surface area contributed by atoms with Gasteiger partial charge in [0.05, 0.1) is 0 Å². The Hall–Kier alpha value is -1.37. The van der Waals surface area contributed by atoms with E-state index in [-0.39, 0.29) is 0 Å². The zero-order valence-electron chi connectivity index (χ0n) is 22.9. The molecular weight excluding hydrogens is 410 g/mol. The first-order valence-corrected chi connectivity index (χ1v) is 14.5. The van der Waals surface area contributed by atoms with Crippen LogP contribution in [0.2, 0.25) is 0 Å². The van der Waals surface area contributed by atoms with Crippen molar-refractivity contribution < 1.29 is 0 Å². The van der Waals surface area contributed by atoms with E-state index in [9.17, 15) is 0 Å². The average molecular weight is 460 g/mol. The Kier molecular flexibility index (Phi) is 6.62. The van der Waals surface area contributed by atoms with Crippen molar-refractivity contribution in [2.45, 2.75) is 106 Å². The van der Waals surface area contributed by atoms with Crippen molar-refractivity contribution in [1.29, 1.82) is 0 Å². The number of fused-ring (bicyclic) bond motifs is 4. The van der Waals surface area contributed by atoms with E-state index in [1.54, 1.807) is 5.57 Å². The lowest BCUT2D eigenvalue weighted by atomic mass is 9.57. The number of aryl methyl sites for hydroxylation is 2. The molecule has 1 nitrogen and oxygen atoms in total. The highest BCUT2D eigenvalue weighted by Gasteiger charge is 2.54. The highest BCUT2D eigenvalue weighted by Crippen LogP contribution is 2.63. The molecule has 0 aromatic carbocycles. The maximum Gasteiger partial charge on any atom is 0.0299 e. The van der Waals surface area contributed by atoms with Gasteiger partial charge in [-0.3, -0.25) is 4.98 Å². The van der Waals surface area contributed by atoms with E-state index in [2.05, 4.69) is 64.7 Å². The van der Waals surface area contributed by atoms with Crippen molar-refractivity contribution >= 4 is 0 Å². The lowest BCUT2D eigenvalue weighted by Crippen LogP contribution is -2.40. The van der Waals surface area contributed by atoms with Crippen molar-refractivity contribution in [1.82, 2.24) is 4.98 Å². The molecule has 0 radical (unpaired) electrons. The first-order chi connectivity index (χ1) is 16.2. The molecule has 7 atom stereocenters. The molecule has 1 heterocycles. The van der Waals surface area contributed by atoms with Crippen molar-refractivity contribution in [3.05, 3.63) is 52.9 Å². The molecule has 0 saturated heterocycles. The summed E-state index contributed by atoms with van der Waals surface area (Å²) in [6, 6.07) is 2.24. The summed E-state index contributed by atoms with van der Waals surface area (Å²) in [6.45, 7) is 15.0. The van der Waals surface area contributed by atoms with E-state index in [1.165, 1.54) is 75.3 Å². The van der Waals surface area contributed by atoms with E-state index in [0.29, 0.717) is 10.8 Å². The lowest BCUT2D eigenvalue weighted by Gasteiger charge is -2.48. The zero-order chi connectivity index (χ0) is 24.1. The summed E-state index contributed by atoms with van der Waals surface area (Å²) in [7, 11) is 0. The topological polar surface area (TPSA) is 12.9 Å². The molecule has 2 fully saturated rings. The van der Waals surface area contributed by atoms with Gasteiger partial charge in [0.25, 0.3) is 0 Å². The SMILES string of the molecule is Cc1cnccc1CCC(C)C1CCC2C3CCC4(C)CC(C(C)C)CC=C4C=C3CCC12C. The van der Waals surface area contributed by atoms with Crippen molar-refractivity contribution in [2.24, 2.45) is 46.3 Å². The van der Waals surface area contributed by atoms with E-state index in [1.807, 2.05) is 18.0 Å². The second-order valence-electron chi connectivity index (χ2n) is 13.6. The van der Waals surface area contributed by atoms with Crippen LogP contribution in [0.3, 0.4) is 0 Å². The summed E-state index contributed by atoms with van der Waals surface area (Å²) in [5, 5.41) is 0. The number of nitrogens with zero attached hydrogens (tertiary/aromatic N) is 1. The fraction of sp³-hybridized carbons (Fsp3) is 0.727. The average Bonchev–Trinajstić information content (AvgIpc) is 3.08. The van der Waals surface area contributed by atoms with Crippen LogP contribution >= 0.6 is 0 Å². The number of hydrogen-bond acceptors (Lipinski definition) is 1. The van der Waals surface area contributed by atoms with Gasteiger partial charge >= 0.3 is 0 Å². The summed E-state index contributed by atoms with van der Waals surface area (Å²) in [5.74, 6) is 5.15. The molecule has 2 saturated carbocycles. The van der Waals surface area contributed by atoms with Gasteiger partial charge in [-0.25, -0.2) is 0 Å². The monoisotopic (exact) mass is 459 g/mol. The first kappa shape index (κ1) is 24.3. The van der Waals surface area contributed by atoms with Gasteiger partial charge < -0.3 is 0 Å². The predicted molar refractivity (Wildman–Crippen MR) is 145 cm³/mol. The van der Waals surface area contributed by atoms with Crippen LogP contribution in [0.5, 0.6) is 0 Å². The largest absolute Gasteiger partial charge is 0.264 e. The van der Waals surface area contributed by atoms with Crippen LogP contribution in [0, 0.1) is 53.3 Å². The zero-order valence-corrected chi connectivity index (χ0v) is 22.9. The second-order valence-corrected chi connectivity index (χ2v) is 13.6.